The van der Waals surface area contributed by atoms with Gasteiger partial charge < -0.3 is 5.11 Å². The number of carbonyl (C=O) groups is 1. The van der Waals surface area contributed by atoms with Crippen molar-refractivity contribution in [3.8, 4) is 0 Å². The van der Waals surface area contributed by atoms with Crippen molar-refractivity contribution in [1.29, 1.82) is 0 Å². The summed E-state index contributed by atoms with van der Waals surface area (Å²) < 4.78 is 36.9. The SMILES string of the molecule is O=C(c1cnc(C(F)(F)F)s1)C1(O)CCCC1. The number of halogens is 3. The van der Waals surface area contributed by atoms with Crippen molar-refractivity contribution in [2.75, 3.05) is 0 Å². The van der Waals surface area contributed by atoms with Gasteiger partial charge in [-0.1, -0.05) is 0 Å². The lowest BCUT2D eigenvalue weighted by Gasteiger charge is -2.18. The lowest BCUT2D eigenvalue weighted by atomic mass is 9.96. The van der Waals surface area contributed by atoms with Crippen LogP contribution >= 0.6 is 11.3 Å². The quantitative estimate of drug-likeness (QED) is 0.836. The predicted molar refractivity (Wildman–Crippen MR) is 54.9 cm³/mol. The number of alkyl halides is 3. The van der Waals surface area contributed by atoms with Crippen LogP contribution in [0.3, 0.4) is 0 Å². The van der Waals surface area contributed by atoms with E-state index in [0.29, 0.717) is 25.7 Å². The van der Waals surface area contributed by atoms with Crippen LogP contribution in [0.1, 0.15) is 40.4 Å². The molecule has 94 valence electrons. The highest BCUT2D eigenvalue weighted by Crippen LogP contribution is 2.37. The van der Waals surface area contributed by atoms with E-state index >= 15 is 0 Å². The molecule has 1 heterocycles. The maximum Gasteiger partial charge on any atom is 0.443 e. The summed E-state index contributed by atoms with van der Waals surface area (Å²) >= 11 is 0.288. The van der Waals surface area contributed by atoms with Gasteiger partial charge in [0.05, 0.1) is 4.88 Å². The normalized spacial score (nSPS) is 19.5. The predicted octanol–water partition coefficient (Wildman–Crippen LogP) is 2.65. The van der Waals surface area contributed by atoms with E-state index in [9.17, 15) is 23.1 Å². The Morgan fingerprint density at radius 3 is 2.47 bits per heavy atom. The molecular weight excluding hydrogens is 255 g/mol. The average molecular weight is 265 g/mol. The summed E-state index contributed by atoms with van der Waals surface area (Å²) in [5.41, 5.74) is -1.49. The van der Waals surface area contributed by atoms with E-state index in [1.165, 1.54) is 0 Å². The first-order chi connectivity index (χ1) is 7.83. The molecule has 3 nitrogen and oxygen atoms in total. The second-order valence-electron chi connectivity index (χ2n) is 4.10. The monoisotopic (exact) mass is 265 g/mol. The van der Waals surface area contributed by atoms with Gasteiger partial charge in [0.2, 0.25) is 5.78 Å². The van der Waals surface area contributed by atoms with Crippen molar-refractivity contribution in [2.45, 2.75) is 37.5 Å². The molecule has 2 rings (SSSR count). The Kier molecular flexibility index (Phi) is 2.99. The minimum Gasteiger partial charge on any atom is -0.382 e. The molecule has 17 heavy (non-hydrogen) atoms. The van der Waals surface area contributed by atoms with E-state index in [-0.39, 0.29) is 16.2 Å². The van der Waals surface area contributed by atoms with Crippen LogP contribution in [0.25, 0.3) is 0 Å². The van der Waals surface area contributed by atoms with Crippen molar-refractivity contribution in [3.05, 3.63) is 16.1 Å². The van der Waals surface area contributed by atoms with Crippen molar-refractivity contribution in [3.63, 3.8) is 0 Å². The molecule has 0 aromatic carbocycles. The Morgan fingerprint density at radius 1 is 1.41 bits per heavy atom. The summed E-state index contributed by atoms with van der Waals surface area (Å²) in [5, 5.41) is 8.92. The van der Waals surface area contributed by atoms with Crippen LogP contribution in [-0.4, -0.2) is 21.5 Å². The molecule has 1 aromatic rings. The van der Waals surface area contributed by atoms with E-state index in [4.69, 9.17) is 0 Å². The Hall–Kier alpha value is -0.950. The van der Waals surface area contributed by atoms with E-state index < -0.39 is 22.6 Å². The van der Waals surface area contributed by atoms with E-state index in [1.54, 1.807) is 0 Å². The first-order valence-corrected chi connectivity index (χ1v) is 5.95. The number of rotatable bonds is 2. The van der Waals surface area contributed by atoms with Crippen molar-refractivity contribution < 1.29 is 23.1 Å². The molecule has 7 heteroatoms. The number of Topliss-reactive ketones (excluding diaryl/α,β-unsaturated/α-hetero) is 1. The summed E-state index contributed by atoms with van der Waals surface area (Å²) in [6, 6.07) is 0. The molecule has 1 aliphatic rings. The van der Waals surface area contributed by atoms with Crippen molar-refractivity contribution in [2.24, 2.45) is 0 Å². The second-order valence-corrected chi connectivity index (χ2v) is 5.13. The molecule has 0 radical (unpaired) electrons. The van der Waals surface area contributed by atoms with Gasteiger partial charge in [0, 0.05) is 6.20 Å². The molecule has 0 amide bonds. The molecule has 0 spiro atoms. The molecule has 1 aliphatic carbocycles. The number of thiazole rings is 1. The summed E-state index contributed by atoms with van der Waals surface area (Å²) in [6.45, 7) is 0. The minimum atomic E-state index is -4.54. The van der Waals surface area contributed by atoms with Crippen LogP contribution in [0.4, 0.5) is 13.2 Å². The van der Waals surface area contributed by atoms with Crippen molar-refractivity contribution in [1.82, 2.24) is 4.98 Å². The average Bonchev–Trinajstić information content (AvgIpc) is 2.84. The minimum absolute atomic E-state index is 0.123. The molecule has 0 bridgehead atoms. The Morgan fingerprint density at radius 2 is 2.00 bits per heavy atom. The smallest absolute Gasteiger partial charge is 0.382 e. The zero-order chi connectivity index (χ0) is 12.7. The lowest BCUT2D eigenvalue weighted by molar-refractivity contribution is -0.137. The highest BCUT2D eigenvalue weighted by Gasteiger charge is 2.42. The van der Waals surface area contributed by atoms with E-state index in [2.05, 4.69) is 4.98 Å². The van der Waals surface area contributed by atoms with Crippen LogP contribution in [0.15, 0.2) is 6.20 Å². The molecule has 0 aliphatic heterocycles. The molecule has 0 atom stereocenters. The fraction of sp³-hybridized carbons (Fsp3) is 0.600. The Labute approximate surface area is 99.3 Å². The number of hydrogen-bond donors (Lipinski definition) is 1. The van der Waals surface area contributed by atoms with E-state index in [0.717, 1.165) is 6.20 Å². The second kappa shape index (κ2) is 4.06. The lowest BCUT2D eigenvalue weighted by Crippen LogP contribution is -2.34. The summed E-state index contributed by atoms with van der Waals surface area (Å²) in [5.74, 6) is -0.636. The van der Waals surface area contributed by atoms with Gasteiger partial charge in [-0.15, -0.1) is 11.3 Å². The standard InChI is InChI=1S/C10H10F3NO2S/c11-10(12,13)8-14-5-6(17-8)7(15)9(16)3-1-2-4-9/h5,16H,1-4H2. The molecule has 1 fully saturated rings. The van der Waals surface area contributed by atoms with Gasteiger partial charge in [0.1, 0.15) is 5.60 Å². The maximum absolute atomic E-state index is 12.3. The van der Waals surface area contributed by atoms with Crippen molar-refractivity contribution >= 4 is 17.1 Å². The van der Waals surface area contributed by atoms with Crippen LogP contribution in [0, 0.1) is 0 Å². The van der Waals surface area contributed by atoms with E-state index in [1.807, 2.05) is 0 Å². The van der Waals surface area contributed by atoms with Crippen LogP contribution < -0.4 is 0 Å². The summed E-state index contributed by atoms with van der Waals surface area (Å²) in [4.78, 5) is 14.9. The zero-order valence-electron chi connectivity index (χ0n) is 8.75. The number of nitrogens with zero attached hydrogens (tertiary/aromatic N) is 1. The Bertz CT molecular complexity index is 435. The third-order valence-corrected chi connectivity index (χ3v) is 3.87. The molecule has 0 unspecified atom stereocenters. The molecular formula is C10H10F3NO2S. The number of aromatic nitrogens is 1. The van der Waals surface area contributed by atoms with Gasteiger partial charge in [0.15, 0.2) is 5.01 Å². The molecule has 1 N–H and O–H groups in total. The van der Waals surface area contributed by atoms with Gasteiger partial charge >= 0.3 is 6.18 Å². The molecule has 1 aromatic heterocycles. The van der Waals surface area contributed by atoms with Crippen LogP contribution in [0.5, 0.6) is 0 Å². The maximum atomic E-state index is 12.3. The van der Waals surface area contributed by atoms with Crippen LogP contribution in [0.2, 0.25) is 0 Å². The molecule has 1 saturated carbocycles. The topological polar surface area (TPSA) is 50.2 Å². The highest BCUT2D eigenvalue weighted by molar-refractivity contribution is 7.13. The first-order valence-electron chi connectivity index (χ1n) is 5.13. The van der Waals surface area contributed by atoms with Crippen LogP contribution in [-0.2, 0) is 6.18 Å². The summed E-state index contributed by atoms with van der Waals surface area (Å²) in [6.07, 6.45) is -1.59. The first kappa shape index (κ1) is 12.5. The third kappa shape index (κ3) is 2.35. The zero-order valence-corrected chi connectivity index (χ0v) is 9.57. The van der Waals surface area contributed by atoms with Gasteiger partial charge in [0.25, 0.3) is 0 Å². The van der Waals surface area contributed by atoms with Gasteiger partial charge in [-0.25, -0.2) is 4.98 Å². The summed E-state index contributed by atoms with van der Waals surface area (Å²) in [7, 11) is 0. The number of ketones is 1. The fourth-order valence-corrected chi connectivity index (χ4v) is 2.74. The van der Waals surface area contributed by atoms with Gasteiger partial charge in [-0.05, 0) is 25.7 Å². The Balaban J connectivity index is 2.23. The fourth-order valence-electron chi connectivity index (χ4n) is 1.93. The number of aliphatic hydroxyl groups is 1. The largest absolute Gasteiger partial charge is 0.443 e. The highest BCUT2D eigenvalue weighted by atomic mass is 32.1. The third-order valence-electron chi connectivity index (χ3n) is 2.83. The molecule has 0 saturated heterocycles. The van der Waals surface area contributed by atoms with Gasteiger partial charge in [-0.3, -0.25) is 4.79 Å². The number of hydrogen-bond acceptors (Lipinski definition) is 4. The number of carbonyl (C=O) groups excluding carboxylic acids is 1. The van der Waals surface area contributed by atoms with Gasteiger partial charge in [-0.2, -0.15) is 13.2 Å².